The standard InChI is InChI=1S/C22H27N7O2S2.H2O/c1-14-4-3-5-16(32)20(14)27-21(31)17-13-23-22(33-17)26-18-12-19(25-15(2)24-18)29-8-6-28(7-9-29)10-11-30;/h3-5,12-13,30,32H,6-11H2,1-2H3,(H,27,31)(H,23,24,25,26);1H2. The van der Waals surface area contributed by atoms with Gasteiger partial charge in [0.25, 0.3) is 5.91 Å². The second-order valence-electron chi connectivity index (χ2n) is 7.79. The highest BCUT2D eigenvalue weighted by molar-refractivity contribution is 7.80. The Morgan fingerprint density at radius 2 is 1.97 bits per heavy atom. The number of piperazine rings is 1. The highest BCUT2D eigenvalue weighted by Gasteiger charge is 2.19. The van der Waals surface area contributed by atoms with Crippen molar-refractivity contribution in [2.24, 2.45) is 0 Å². The number of benzene rings is 1. The maximum Gasteiger partial charge on any atom is 0.267 e. The number of carbonyl (C=O) groups is 1. The van der Waals surface area contributed by atoms with Crippen molar-refractivity contribution in [1.82, 2.24) is 19.9 Å². The SMILES string of the molecule is Cc1nc(Nc2ncc(C(=O)Nc3c(C)cccc3S)s2)cc(N2CCN(CCO)CC2)n1.O. The number of hydrogen-bond acceptors (Lipinski definition) is 10. The highest BCUT2D eigenvalue weighted by Crippen LogP contribution is 2.27. The fourth-order valence-corrected chi connectivity index (χ4v) is 4.69. The lowest BCUT2D eigenvalue weighted by molar-refractivity contribution is 0.103. The maximum absolute atomic E-state index is 12.7. The predicted molar refractivity (Wildman–Crippen MR) is 138 cm³/mol. The van der Waals surface area contributed by atoms with E-state index in [4.69, 9.17) is 5.11 Å². The lowest BCUT2D eigenvalue weighted by atomic mass is 10.2. The van der Waals surface area contributed by atoms with E-state index in [-0.39, 0.29) is 18.0 Å². The zero-order valence-corrected chi connectivity index (χ0v) is 20.8. The van der Waals surface area contributed by atoms with Crippen molar-refractivity contribution in [3.05, 3.63) is 46.7 Å². The normalized spacial score (nSPS) is 13.9. The minimum absolute atomic E-state index is 0. The Hall–Kier alpha value is -2.77. The van der Waals surface area contributed by atoms with Crippen LogP contribution in [-0.2, 0) is 0 Å². The van der Waals surface area contributed by atoms with Crippen LogP contribution in [0.15, 0.2) is 35.4 Å². The molecule has 0 saturated carbocycles. The zero-order valence-electron chi connectivity index (χ0n) is 19.1. The monoisotopic (exact) mass is 503 g/mol. The first kappa shape index (κ1) is 25.8. The molecule has 0 spiro atoms. The molecular formula is C22H29N7O3S2. The van der Waals surface area contributed by atoms with Crippen LogP contribution in [0, 0.1) is 13.8 Å². The first-order chi connectivity index (χ1) is 15.9. The summed E-state index contributed by atoms with van der Waals surface area (Å²) in [5, 5.41) is 15.8. The first-order valence-electron chi connectivity index (χ1n) is 10.7. The van der Waals surface area contributed by atoms with Crippen LogP contribution < -0.4 is 15.5 Å². The number of β-amino-alcohol motifs (C(OH)–C–C–N with tert-alkyl or cyclic N) is 1. The van der Waals surface area contributed by atoms with Crippen molar-refractivity contribution in [3.63, 3.8) is 0 Å². The van der Waals surface area contributed by atoms with Gasteiger partial charge in [0.1, 0.15) is 22.3 Å². The molecular weight excluding hydrogens is 474 g/mol. The van der Waals surface area contributed by atoms with Gasteiger partial charge in [-0.25, -0.2) is 15.0 Å². The number of thiol groups is 1. The Morgan fingerprint density at radius 1 is 1.21 bits per heavy atom. The van der Waals surface area contributed by atoms with E-state index in [0.29, 0.717) is 38.8 Å². The Bertz CT molecular complexity index is 1110. The molecule has 4 rings (SSSR count). The number of carbonyl (C=O) groups excluding carboxylic acids is 1. The van der Waals surface area contributed by atoms with E-state index >= 15 is 0 Å². The van der Waals surface area contributed by atoms with Gasteiger partial charge in [0.05, 0.1) is 18.5 Å². The van der Waals surface area contributed by atoms with Crippen molar-refractivity contribution >= 4 is 52.3 Å². The van der Waals surface area contributed by atoms with Gasteiger partial charge in [0.15, 0.2) is 5.13 Å². The van der Waals surface area contributed by atoms with Gasteiger partial charge in [-0.05, 0) is 25.5 Å². The summed E-state index contributed by atoms with van der Waals surface area (Å²) >= 11 is 5.69. The minimum Gasteiger partial charge on any atom is -0.412 e. The molecule has 2 aromatic heterocycles. The van der Waals surface area contributed by atoms with Crippen LogP contribution in [0.2, 0.25) is 0 Å². The molecule has 0 unspecified atom stereocenters. The first-order valence-corrected chi connectivity index (χ1v) is 12.0. The molecule has 0 aliphatic carbocycles. The molecule has 1 amide bonds. The number of anilines is 4. The number of para-hydroxylation sites is 1. The minimum atomic E-state index is -0.231. The van der Waals surface area contributed by atoms with Crippen LogP contribution in [0.5, 0.6) is 0 Å². The third-order valence-electron chi connectivity index (χ3n) is 5.39. The van der Waals surface area contributed by atoms with Crippen molar-refractivity contribution in [2.45, 2.75) is 18.7 Å². The molecule has 10 nitrogen and oxygen atoms in total. The molecule has 3 heterocycles. The third kappa shape index (κ3) is 6.21. The molecule has 182 valence electrons. The van der Waals surface area contributed by atoms with Crippen LogP contribution in [0.25, 0.3) is 0 Å². The quantitative estimate of drug-likeness (QED) is 0.360. The van der Waals surface area contributed by atoms with Gasteiger partial charge in [-0.3, -0.25) is 9.69 Å². The number of hydrogen-bond donors (Lipinski definition) is 4. The highest BCUT2D eigenvalue weighted by atomic mass is 32.1. The van der Waals surface area contributed by atoms with Gasteiger partial charge in [0, 0.05) is 43.7 Å². The van der Waals surface area contributed by atoms with Gasteiger partial charge in [-0.1, -0.05) is 23.5 Å². The van der Waals surface area contributed by atoms with Crippen molar-refractivity contribution < 1.29 is 15.4 Å². The number of aromatic nitrogens is 3. The summed E-state index contributed by atoms with van der Waals surface area (Å²) in [4.78, 5) is 31.8. The van der Waals surface area contributed by atoms with Crippen LogP contribution in [0.4, 0.5) is 22.5 Å². The lowest BCUT2D eigenvalue weighted by Gasteiger charge is -2.35. The van der Waals surface area contributed by atoms with Gasteiger partial charge >= 0.3 is 0 Å². The summed E-state index contributed by atoms with van der Waals surface area (Å²) in [7, 11) is 0. The smallest absolute Gasteiger partial charge is 0.267 e. The molecule has 0 radical (unpaired) electrons. The van der Waals surface area contributed by atoms with E-state index in [1.165, 1.54) is 11.3 Å². The average molecular weight is 504 g/mol. The fourth-order valence-electron chi connectivity index (χ4n) is 3.66. The van der Waals surface area contributed by atoms with E-state index in [1.54, 1.807) is 6.20 Å². The molecule has 1 aliphatic heterocycles. The zero-order chi connectivity index (χ0) is 23.4. The number of aryl methyl sites for hydroxylation is 2. The van der Waals surface area contributed by atoms with E-state index in [9.17, 15) is 4.79 Å². The van der Waals surface area contributed by atoms with E-state index < -0.39 is 0 Å². The average Bonchev–Trinajstić information content (AvgIpc) is 3.25. The molecule has 3 aromatic rings. The number of thiazole rings is 1. The summed E-state index contributed by atoms with van der Waals surface area (Å²) in [6.07, 6.45) is 1.55. The predicted octanol–water partition coefficient (Wildman–Crippen LogP) is 2.12. The Balaban J connectivity index is 0.00000324. The number of rotatable bonds is 7. The van der Waals surface area contributed by atoms with E-state index in [1.807, 2.05) is 38.1 Å². The van der Waals surface area contributed by atoms with Crippen LogP contribution in [0.1, 0.15) is 21.1 Å². The Kier molecular flexibility index (Phi) is 8.80. The molecule has 34 heavy (non-hydrogen) atoms. The second-order valence-corrected chi connectivity index (χ2v) is 9.30. The van der Waals surface area contributed by atoms with Gasteiger partial charge < -0.3 is 26.1 Å². The molecule has 5 N–H and O–H groups in total. The molecule has 1 aliphatic rings. The molecule has 0 atom stereocenters. The van der Waals surface area contributed by atoms with Crippen molar-refractivity contribution in [2.75, 3.05) is 54.9 Å². The van der Waals surface area contributed by atoms with Crippen LogP contribution in [0.3, 0.4) is 0 Å². The number of aliphatic hydroxyl groups is 1. The van der Waals surface area contributed by atoms with E-state index in [2.05, 4.69) is 48.0 Å². The van der Waals surface area contributed by atoms with E-state index in [0.717, 1.165) is 37.6 Å². The molecule has 0 bridgehead atoms. The second kappa shape index (κ2) is 11.6. The number of amides is 1. The molecule has 1 aromatic carbocycles. The van der Waals surface area contributed by atoms with Crippen molar-refractivity contribution in [3.8, 4) is 0 Å². The van der Waals surface area contributed by atoms with Gasteiger partial charge in [0.2, 0.25) is 0 Å². The number of nitrogens with one attached hydrogen (secondary N) is 2. The third-order valence-corrected chi connectivity index (χ3v) is 6.67. The Labute approximate surface area is 207 Å². The van der Waals surface area contributed by atoms with Crippen molar-refractivity contribution in [1.29, 1.82) is 0 Å². The summed E-state index contributed by atoms with van der Waals surface area (Å²) in [6.45, 7) is 8.09. The molecule has 1 fully saturated rings. The van der Waals surface area contributed by atoms with Gasteiger partial charge in [-0.15, -0.1) is 12.6 Å². The summed E-state index contributed by atoms with van der Waals surface area (Å²) in [5.74, 6) is 1.91. The molecule has 12 heteroatoms. The molecule has 1 saturated heterocycles. The van der Waals surface area contributed by atoms with Gasteiger partial charge in [-0.2, -0.15) is 0 Å². The Morgan fingerprint density at radius 3 is 2.68 bits per heavy atom. The number of nitrogens with zero attached hydrogens (tertiary/aromatic N) is 5. The van der Waals surface area contributed by atoms with Crippen LogP contribution in [-0.4, -0.2) is 75.7 Å². The topological polar surface area (TPSA) is 138 Å². The fraction of sp³-hybridized carbons (Fsp3) is 0.364. The van der Waals surface area contributed by atoms with Crippen LogP contribution >= 0.6 is 24.0 Å². The lowest BCUT2D eigenvalue weighted by Crippen LogP contribution is -2.47. The summed E-state index contributed by atoms with van der Waals surface area (Å²) in [5.41, 5.74) is 1.64. The largest absolute Gasteiger partial charge is 0.412 e. The summed E-state index contributed by atoms with van der Waals surface area (Å²) in [6, 6.07) is 7.56. The number of aliphatic hydroxyl groups excluding tert-OH is 1. The summed E-state index contributed by atoms with van der Waals surface area (Å²) < 4.78 is 0. The maximum atomic E-state index is 12.7.